The van der Waals surface area contributed by atoms with Gasteiger partial charge in [0.2, 0.25) is 5.76 Å². The average Bonchev–Trinajstić information content (AvgIpc) is 3.16. The predicted octanol–water partition coefficient (Wildman–Crippen LogP) is 4.18. The summed E-state index contributed by atoms with van der Waals surface area (Å²) in [5.74, 6) is -0.0552. The van der Waals surface area contributed by atoms with Gasteiger partial charge in [0.1, 0.15) is 17.9 Å². The minimum absolute atomic E-state index is 0.0774. The van der Waals surface area contributed by atoms with Crippen LogP contribution in [0.25, 0.3) is 11.0 Å². The largest absolute Gasteiger partial charge is 0.489 e. The van der Waals surface area contributed by atoms with E-state index in [0.29, 0.717) is 16.9 Å². The smallest absolute Gasteiger partial charge is 0.375 e. The lowest BCUT2D eigenvalue weighted by molar-refractivity contribution is -0.135. The highest BCUT2D eigenvalue weighted by Crippen LogP contribution is 2.28. The van der Waals surface area contributed by atoms with Gasteiger partial charge in [0, 0.05) is 18.5 Å². The quantitative estimate of drug-likeness (QED) is 0.588. The maximum atomic E-state index is 12.7. The number of esters is 1. The van der Waals surface area contributed by atoms with Crippen LogP contribution in [0.3, 0.4) is 0 Å². The Labute approximate surface area is 169 Å². The lowest BCUT2D eigenvalue weighted by Gasteiger charge is -2.26. The zero-order valence-corrected chi connectivity index (χ0v) is 16.1. The van der Waals surface area contributed by atoms with E-state index in [1.165, 1.54) is 0 Å². The van der Waals surface area contributed by atoms with Crippen LogP contribution < -0.4 is 4.74 Å². The van der Waals surface area contributed by atoms with Crippen LogP contribution in [0, 0.1) is 0 Å². The summed E-state index contributed by atoms with van der Waals surface area (Å²) in [4.78, 5) is 26.7. The Morgan fingerprint density at radius 3 is 2.45 bits per heavy atom. The van der Waals surface area contributed by atoms with Crippen molar-refractivity contribution in [3.05, 3.63) is 65.9 Å². The molecule has 0 atom stereocenters. The van der Waals surface area contributed by atoms with Crippen molar-refractivity contribution in [2.45, 2.75) is 25.9 Å². The molecule has 0 spiro atoms. The van der Waals surface area contributed by atoms with Crippen LogP contribution in [-0.4, -0.2) is 36.5 Å². The summed E-state index contributed by atoms with van der Waals surface area (Å²) in [7, 11) is 0. The van der Waals surface area contributed by atoms with E-state index < -0.39 is 5.97 Å². The monoisotopic (exact) mass is 393 g/mol. The third-order valence-electron chi connectivity index (χ3n) is 5.05. The number of benzene rings is 2. The number of ether oxygens (including phenoxy) is 2. The summed E-state index contributed by atoms with van der Waals surface area (Å²) >= 11 is 0. The number of fused-ring (bicyclic) bond motifs is 1. The van der Waals surface area contributed by atoms with E-state index in [2.05, 4.69) is 0 Å². The third kappa shape index (κ3) is 4.42. The molecule has 0 aliphatic carbocycles. The molecule has 3 aromatic rings. The summed E-state index contributed by atoms with van der Waals surface area (Å²) in [5.41, 5.74) is 1.19. The molecule has 4 rings (SSSR count). The number of likely N-dealkylation sites (tertiary alicyclic amines) is 1. The number of carbonyl (C=O) groups excluding carboxylic acids is 2. The van der Waals surface area contributed by atoms with Gasteiger partial charge < -0.3 is 18.8 Å². The van der Waals surface area contributed by atoms with Crippen molar-refractivity contribution in [3.63, 3.8) is 0 Å². The second-order valence-corrected chi connectivity index (χ2v) is 7.03. The molecule has 0 saturated carbocycles. The number of nitrogens with zero attached hydrogens (tertiary/aromatic N) is 1. The highest BCUT2D eigenvalue weighted by Gasteiger charge is 2.24. The van der Waals surface area contributed by atoms with Gasteiger partial charge in [0.05, 0.1) is 5.56 Å². The van der Waals surface area contributed by atoms with Crippen molar-refractivity contribution in [2.24, 2.45) is 0 Å². The zero-order valence-electron chi connectivity index (χ0n) is 16.1. The topological polar surface area (TPSA) is 69.0 Å². The molecule has 29 heavy (non-hydrogen) atoms. The first-order valence-electron chi connectivity index (χ1n) is 9.85. The number of rotatable bonds is 6. The second kappa shape index (κ2) is 8.82. The Balaban J connectivity index is 1.49. The highest BCUT2D eigenvalue weighted by atomic mass is 16.5. The van der Waals surface area contributed by atoms with E-state index in [4.69, 9.17) is 13.9 Å². The summed E-state index contributed by atoms with van der Waals surface area (Å²) in [6, 6.07) is 16.7. The minimum Gasteiger partial charge on any atom is -0.489 e. The summed E-state index contributed by atoms with van der Waals surface area (Å²) in [5, 5.41) is 0.790. The first kappa shape index (κ1) is 19.1. The molecular formula is C23H23NO5. The maximum Gasteiger partial charge on any atom is 0.375 e. The van der Waals surface area contributed by atoms with Crippen LogP contribution in [0.5, 0.6) is 5.75 Å². The molecule has 0 N–H and O–H groups in total. The van der Waals surface area contributed by atoms with E-state index >= 15 is 0 Å². The first-order valence-corrected chi connectivity index (χ1v) is 9.85. The van der Waals surface area contributed by atoms with E-state index in [9.17, 15) is 9.59 Å². The molecule has 1 aliphatic heterocycles. The van der Waals surface area contributed by atoms with Crippen LogP contribution in [0.1, 0.15) is 35.4 Å². The number of piperidine rings is 1. The fourth-order valence-corrected chi connectivity index (χ4v) is 3.51. The van der Waals surface area contributed by atoms with Gasteiger partial charge in [-0.25, -0.2) is 4.79 Å². The molecule has 0 radical (unpaired) electrons. The van der Waals surface area contributed by atoms with Gasteiger partial charge in [-0.05, 0) is 37.5 Å². The van der Waals surface area contributed by atoms with E-state index in [-0.39, 0.29) is 24.9 Å². The lowest BCUT2D eigenvalue weighted by Crippen LogP contribution is -2.38. The Morgan fingerprint density at radius 1 is 0.931 bits per heavy atom. The fourth-order valence-electron chi connectivity index (χ4n) is 3.51. The van der Waals surface area contributed by atoms with Crippen molar-refractivity contribution >= 4 is 22.8 Å². The normalized spacial score (nSPS) is 14.0. The predicted molar refractivity (Wildman–Crippen MR) is 108 cm³/mol. The Morgan fingerprint density at radius 2 is 1.66 bits per heavy atom. The standard InChI is InChI=1S/C23H23NO5/c25-21(24-13-7-2-8-14-24)16-28-23(26)22-19(15-27-17-9-3-1-4-10-17)18-11-5-6-12-20(18)29-22/h1,3-6,9-12H,2,7-8,13-16H2. The van der Waals surface area contributed by atoms with Gasteiger partial charge in [0.15, 0.2) is 6.61 Å². The Kier molecular flexibility index (Phi) is 5.79. The summed E-state index contributed by atoms with van der Waals surface area (Å²) in [6.45, 7) is 1.31. The van der Waals surface area contributed by atoms with E-state index in [0.717, 1.165) is 37.7 Å². The molecular weight excluding hydrogens is 370 g/mol. The van der Waals surface area contributed by atoms with Gasteiger partial charge in [-0.1, -0.05) is 36.4 Å². The van der Waals surface area contributed by atoms with Crippen LogP contribution in [-0.2, 0) is 16.1 Å². The van der Waals surface area contributed by atoms with Crippen molar-refractivity contribution < 1.29 is 23.5 Å². The number of amides is 1. The number of carbonyl (C=O) groups is 2. The first-order chi connectivity index (χ1) is 14.2. The van der Waals surface area contributed by atoms with Gasteiger partial charge in [0.25, 0.3) is 5.91 Å². The molecule has 1 saturated heterocycles. The molecule has 6 heteroatoms. The molecule has 0 unspecified atom stereocenters. The maximum absolute atomic E-state index is 12.7. The molecule has 1 aromatic heterocycles. The third-order valence-corrected chi connectivity index (χ3v) is 5.05. The molecule has 2 heterocycles. The molecule has 1 fully saturated rings. The Hall–Kier alpha value is -3.28. The molecule has 2 aromatic carbocycles. The summed E-state index contributed by atoms with van der Waals surface area (Å²) in [6.07, 6.45) is 3.11. The lowest BCUT2D eigenvalue weighted by atomic mass is 10.1. The van der Waals surface area contributed by atoms with Crippen LogP contribution in [0.2, 0.25) is 0 Å². The van der Waals surface area contributed by atoms with Crippen molar-refractivity contribution in [3.8, 4) is 5.75 Å². The average molecular weight is 393 g/mol. The Bertz CT molecular complexity index is 989. The molecule has 1 amide bonds. The second-order valence-electron chi connectivity index (χ2n) is 7.03. The molecule has 6 nitrogen and oxygen atoms in total. The van der Waals surface area contributed by atoms with Gasteiger partial charge >= 0.3 is 5.97 Å². The van der Waals surface area contributed by atoms with Crippen LogP contribution >= 0.6 is 0 Å². The number of para-hydroxylation sites is 2. The van der Waals surface area contributed by atoms with E-state index in [1.54, 1.807) is 11.0 Å². The van der Waals surface area contributed by atoms with E-state index in [1.807, 2.05) is 48.5 Å². The van der Waals surface area contributed by atoms with Gasteiger partial charge in [-0.2, -0.15) is 0 Å². The SMILES string of the molecule is O=C(OCC(=O)N1CCCCC1)c1oc2ccccc2c1COc1ccccc1. The molecule has 0 bridgehead atoms. The van der Waals surface area contributed by atoms with Gasteiger partial charge in [-0.15, -0.1) is 0 Å². The van der Waals surface area contributed by atoms with Crippen molar-refractivity contribution in [2.75, 3.05) is 19.7 Å². The fraction of sp³-hybridized carbons (Fsp3) is 0.304. The highest BCUT2D eigenvalue weighted by molar-refractivity contribution is 5.96. The van der Waals surface area contributed by atoms with Crippen LogP contribution in [0.4, 0.5) is 0 Å². The van der Waals surface area contributed by atoms with Gasteiger partial charge in [-0.3, -0.25) is 4.79 Å². The van der Waals surface area contributed by atoms with Crippen LogP contribution in [0.15, 0.2) is 59.0 Å². The molecule has 1 aliphatic rings. The number of hydrogen-bond donors (Lipinski definition) is 0. The minimum atomic E-state index is -0.654. The van der Waals surface area contributed by atoms with Crippen molar-refractivity contribution in [1.82, 2.24) is 4.90 Å². The van der Waals surface area contributed by atoms with Crippen molar-refractivity contribution in [1.29, 1.82) is 0 Å². The zero-order chi connectivity index (χ0) is 20.1. The summed E-state index contributed by atoms with van der Waals surface area (Å²) < 4.78 is 16.9. The number of furan rings is 1. The number of hydrogen-bond acceptors (Lipinski definition) is 5. The molecule has 150 valence electrons.